The number of nitrogens with zero attached hydrogens (tertiary/aromatic N) is 2. The molecule has 51 heavy (non-hydrogen) atoms. The third kappa shape index (κ3) is 6.93. The average Bonchev–Trinajstić information content (AvgIpc) is 3.73. The van der Waals surface area contributed by atoms with Crippen LogP contribution in [0.3, 0.4) is 0 Å². The maximum absolute atomic E-state index is 13.5. The van der Waals surface area contributed by atoms with E-state index in [2.05, 4.69) is 47.8 Å². The van der Waals surface area contributed by atoms with Crippen LogP contribution in [0.5, 0.6) is 0 Å². The first-order valence-corrected chi connectivity index (χ1v) is 19.9. The second-order valence-corrected chi connectivity index (χ2v) is 18.2. The third-order valence-corrected chi connectivity index (χ3v) is 10.7. The van der Waals surface area contributed by atoms with E-state index in [1.165, 1.54) is 17.3 Å². The van der Waals surface area contributed by atoms with E-state index in [1.807, 2.05) is 97.2 Å². The molecule has 0 spiro atoms. The molecule has 0 unspecified atom stereocenters. The van der Waals surface area contributed by atoms with E-state index < -0.39 is 14.4 Å². The molecule has 4 nitrogen and oxygen atoms in total. The van der Waals surface area contributed by atoms with Crippen molar-refractivity contribution in [2.45, 2.75) is 26.0 Å². The van der Waals surface area contributed by atoms with Crippen LogP contribution in [0.25, 0.3) is 66.4 Å². The number of benzene rings is 5. The molecular formula is C44H33FIrN2O2Si-2. The van der Waals surface area contributed by atoms with Crippen molar-refractivity contribution in [3.8, 4) is 22.5 Å². The molecule has 0 aliphatic heterocycles. The molecule has 0 N–H and O–H groups in total. The molecule has 5 aromatic carbocycles. The van der Waals surface area contributed by atoms with Gasteiger partial charge in [-0.1, -0.05) is 102 Å². The summed E-state index contributed by atoms with van der Waals surface area (Å²) < 4.78 is 42.8. The van der Waals surface area contributed by atoms with Gasteiger partial charge in [0.15, 0.2) is 0 Å². The van der Waals surface area contributed by atoms with Crippen LogP contribution in [-0.4, -0.2) is 18.0 Å². The summed E-state index contributed by atoms with van der Waals surface area (Å²) in [4.78, 5) is 9.04. The van der Waals surface area contributed by atoms with Gasteiger partial charge in [0.05, 0.1) is 19.2 Å². The van der Waals surface area contributed by atoms with Crippen molar-refractivity contribution in [3.05, 3.63) is 163 Å². The van der Waals surface area contributed by atoms with Crippen LogP contribution in [0.2, 0.25) is 19.6 Å². The predicted octanol–water partition coefficient (Wildman–Crippen LogP) is 11.2. The summed E-state index contributed by atoms with van der Waals surface area (Å²) >= 11 is 0. The van der Waals surface area contributed by atoms with Gasteiger partial charge in [-0.3, -0.25) is 0 Å². The van der Waals surface area contributed by atoms with Crippen LogP contribution in [0.4, 0.5) is 4.39 Å². The number of furan rings is 2. The van der Waals surface area contributed by atoms with E-state index in [9.17, 15) is 4.39 Å². The third-order valence-electron chi connectivity index (χ3n) is 8.70. The molecule has 9 rings (SSSR count). The maximum atomic E-state index is 13.5. The van der Waals surface area contributed by atoms with Gasteiger partial charge in [-0.15, -0.1) is 36.4 Å². The summed E-state index contributed by atoms with van der Waals surface area (Å²) in [5, 5.41) is 4.99. The fourth-order valence-corrected chi connectivity index (χ4v) is 7.13. The Kier molecular flexibility index (Phi) is 8.84. The summed E-state index contributed by atoms with van der Waals surface area (Å²) in [6, 6.07) is 43.3. The molecule has 1 radical (unpaired) electrons. The van der Waals surface area contributed by atoms with Crippen molar-refractivity contribution in [2.24, 2.45) is 0 Å². The minimum absolute atomic E-state index is 0. The molecule has 0 fully saturated rings. The zero-order chi connectivity index (χ0) is 36.0. The van der Waals surface area contributed by atoms with E-state index in [-0.39, 0.29) is 25.9 Å². The van der Waals surface area contributed by atoms with Gasteiger partial charge < -0.3 is 18.8 Å². The van der Waals surface area contributed by atoms with Gasteiger partial charge in [0.1, 0.15) is 17.0 Å². The van der Waals surface area contributed by atoms with Crippen molar-refractivity contribution in [2.75, 3.05) is 0 Å². The number of hydrogen-bond acceptors (Lipinski definition) is 4. The summed E-state index contributed by atoms with van der Waals surface area (Å²) in [7, 11) is -1.38. The van der Waals surface area contributed by atoms with Crippen LogP contribution in [0.1, 0.15) is 13.9 Å². The number of aromatic nitrogens is 2. The van der Waals surface area contributed by atoms with Crippen molar-refractivity contribution in [1.29, 1.82) is 0 Å². The molecule has 9 aromatic rings. The quantitative estimate of drug-likeness (QED) is 0.128. The van der Waals surface area contributed by atoms with Crippen LogP contribution in [0.15, 0.2) is 143 Å². The minimum Gasteiger partial charge on any atom is -0.501 e. The number of pyridine rings is 2. The molecule has 0 atom stereocenters. The number of hydrogen-bond donors (Lipinski definition) is 0. The molecule has 0 aliphatic rings. The summed E-state index contributed by atoms with van der Waals surface area (Å²) in [6.45, 7) is 6.89. The van der Waals surface area contributed by atoms with Gasteiger partial charge in [0, 0.05) is 52.1 Å². The predicted molar refractivity (Wildman–Crippen MR) is 204 cm³/mol. The molecule has 0 saturated heterocycles. The Morgan fingerprint density at radius 3 is 2.00 bits per heavy atom. The van der Waals surface area contributed by atoms with Crippen LogP contribution < -0.4 is 5.19 Å². The molecule has 7 heteroatoms. The van der Waals surface area contributed by atoms with E-state index in [1.54, 1.807) is 18.3 Å². The first-order chi connectivity index (χ1) is 25.1. The van der Waals surface area contributed by atoms with Gasteiger partial charge in [-0.25, -0.2) is 4.39 Å². The van der Waals surface area contributed by atoms with E-state index in [0.717, 1.165) is 49.6 Å². The van der Waals surface area contributed by atoms with Crippen molar-refractivity contribution >= 4 is 57.1 Å². The van der Waals surface area contributed by atoms with Gasteiger partial charge >= 0.3 is 0 Å². The van der Waals surface area contributed by atoms with Gasteiger partial charge in [-0.2, -0.15) is 0 Å². The molecular weight excluding hydrogens is 828 g/mol. The van der Waals surface area contributed by atoms with Crippen LogP contribution >= 0.6 is 0 Å². The van der Waals surface area contributed by atoms with E-state index in [0.29, 0.717) is 27.9 Å². The van der Waals surface area contributed by atoms with Crippen molar-refractivity contribution < 1.29 is 36.1 Å². The number of fused-ring (bicyclic) bond motifs is 6. The second kappa shape index (κ2) is 14.2. The molecule has 0 bridgehead atoms. The van der Waals surface area contributed by atoms with Crippen molar-refractivity contribution in [3.63, 3.8) is 0 Å². The van der Waals surface area contributed by atoms with Gasteiger partial charge in [-0.05, 0) is 64.4 Å². The molecule has 4 heterocycles. The van der Waals surface area contributed by atoms with E-state index >= 15 is 0 Å². The van der Waals surface area contributed by atoms with Crippen LogP contribution in [-0.2, 0) is 26.5 Å². The van der Waals surface area contributed by atoms with E-state index in [4.69, 9.17) is 11.6 Å². The smallest absolute Gasteiger partial charge is 0.126 e. The first kappa shape index (κ1) is 31.8. The Bertz CT molecular complexity index is 2710. The molecule has 0 amide bonds. The largest absolute Gasteiger partial charge is 0.501 e. The van der Waals surface area contributed by atoms with Gasteiger partial charge in [0.2, 0.25) is 0 Å². The maximum Gasteiger partial charge on any atom is 0.126 e. The average molecular weight is 863 g/mol. The Morgan fingerprint density at radius 2 is 1.33 bits per heavy atom. The second-order valence-electron chi connectivity index (χ2n) is 13.1. The first-order valence-electron chi connectivity index (χ1n) is 17.4. The fraction of sp³-hybridized carbons (Fsp3) is 0.0909. The molecule has 0 saturated carbocycles. The molecule has 0 aliphatic carbocycles. The standard InChI is InChI=1S/C24H16NO.C20H17FNOSi.Ir/c1-2-7-17(8-3-1)15-18-12-13-23-21(16-18)19-9-6-10-20(24(19)26-23)22-11-4-5-14-25-22;1-24(2,3)14-8-10-18(22-12-14)17-6-4-5-16-15-9-7-13(21)11-19(15)23-20(16)17;/h1-9,11-14,16H,15H2;4-5,7-12H,1-3H3;/q2*-1;/i15D2;;. The summed E-state index contributed by atoms with van der Waals surface area (Å²) in [6.07, 6.45) is 2.11. The monoisotopic (exact) mass is 863 g/mol. The Balaban J connectivity index is 0.000000163. The Labute approximate surface area is 313 Å². The Morgan fingerprint density at radius 1 is 0.647 bits per heavy atom. The Hall–Kier alpha value is -5.20. The van der Waals surface area contributed by atoms with Crippen molar-refractivity contribution in [1.82, 2.24) is 9.97 Å². The normalized spacial score (nSPS) is 12.3. The summed E-state index contributed by atoms with van der Waals surface area (Å²) in [5.41, 5.74) is 7.15. The van der Waals surface area contributed by atoms with Crippen LogP contribution in [0, 0.1) is 17.9 Å². The molecule has 253 valence electrons. The SMILES string of the molecule is C[Si](C)(C)c1ccc(-c2[c-]ccc3c2oc2cc(F)ccc23)nc1.[2H]C([2H])(c1ccccc1)c1ccc2oc3c(-c4ccccn4)[c-]ccc3c2c1.[Ir]. The number of halogens is 1. The topological polar surface area (TPSA) is 52.1 Å². The zero-order valence-corrected chi connectivity index (χ0v) is 31.5. The zero-order valence-electron chi connectivity index (χ0n) is 30.1. The van der Waals surface area contributed by atoms with Gasteiger partial charge in [0.25, 0.3) is 0 Å². The molecule has 4 aromatic heterocycles. The fourth-order valence-electron chi connectivity index (χ4n) is 6.10. The minimum atomic E-state index is -1.59. The summed E-state index contributed by atoms with van der Waals surface area (Å²) in [5.74, 6) is -0.301. The number of rotatable bonds is 5.